The lowest BCUT2D eigenvalue weighted by atomic mass is 10.1. The summed E-state index contributed by atoms with van der Waals surface area (Å²) in [6.07, 6.45) is 0.732. The Bertz CT molecular complexity index is 1190. The maximum absolute atomic E-state index is 12.6. The van der Waals surface area contributed by atoms with Crippen LogP contribution >= 0.6 is 11.6 Å². The summed E-state index contributed by atoms with van der Waals surface area (Å²) < 4.78 is 5.37. The number of anilines is 2. The van der Waals surface area contributed by atoms with Crippen molar-refractivity contribution in [3.8, 4) is 0 Å². The molecule has 0 saturated heterocycles. The predicted molar refractivity (Wildman–Crippen MR) is 127 cm³/mol. The van der Waals surface area contributed by atoms with E-state index in [1.165, 1.54) is 13.0 Å². The number of amides is 2. The highest BCUT2D eigenvalue weighted by Gasteiger charge is 2.15. The minimum atomic E-state index is -0.434. The number of hydrogen-bond donors (Lipinski definition) is 2. The molecular weight excluding hydrogens is 430 g/mol. The number of aryl methyl sites for hydroxylation is 1. The lowest BCUT2D eigenvalue weighted by Gasteiger charge is -2.21. The van der Waals surface area contributed by atoms with Gasteiger partial charge < -0.3 is 15.1 Å². The van der Waals surface area contributed by atoms with Crippen molar-refractivity contribution in [3.05, 3.63) is 69.0 Å². The zero-order valence-corrected chi connectivity index (χ0v) is 19.1. The van der Waals surface area contributed by atoms with E-state index in [9.17, 15) is 14.4 Å². The van der Waals surface area contributed by atoms with Crippen LogP contribution in [-0.2, 0) is 22.6 Å². The first-order chi connectivity index (χ1) is 15.3. The second-order valence-electron chi connectivity index (χ2n) is 7.49. The summed E-state index contributed by atoms with van der Waals surface area (Å²) in [5, 5.41) is 6.92. The smallest absolute Gasteiger partial charge is 0.336 e. The number of nitrogens with one attached hydrogen (secondary N) is 2. The molecule has 3 rings (SSSR count). The Balaban J connectivity index is 1.73. The fourth-order valence-corrected chi connectivity index (χ4v) is 3.75. The molecule has 0 aliphatic heterocycles. The summed E-state index contributed by atoms with van der Waals surface area (Å²) in [5.41, 5.74) is 3.02. The lowest BCUT2D eigenvalue weighted by Crippen LogP contribution is -2.33. The molecular formula is C24H26ClN3O4. The Labute approximate surface area is 191 Å². The molecule has 2 amide bonds. The van der Waals surface area contributed by atoms with Crippen LogP contribution in [0, 0.1) is 0 Å². The van der Waals surface area contributed by atoms with Gasteiger partial charge in [0.05, 0.1) is 6.54 Å². The average Bonchev–Trinajstić information content (AvgIpc) is 2.74. The van der Waals surface area contributed by atoms with Gasteiger partial charge in [0, 0.05) is 41.3 Å². The predicted octanol–water partition coefficient (Wildman–Crippen LogP) is 4.43. The maximum Gasteiger partial charge on any atom is 0.336 e. The van der Waals surface area contributed by atoms with Crippen LogP contribution in [-0.4, -0.2) is 29.8 Å². The minimum Gasteiger partial charge on any atom is -0.423 e. The van der Waals surface area contributed by atoms with Gasteiger partial charge in [-0.05, 0) is 60.5 Å². The minimum absolute atomic E-state index is 0.145. The summed E-state index contributed by atoms with van der Waals surface area (Å²) >= 11 is 6.38. The first kappa shape index (κ1) is 23.5. The van der Waals surface area contributed by atoms with Crippen molar-refractivity contribution in [3.63, 3.8) is 0 Å². The van der Waals surface area contributed by atoms with E-state index < -0.39 is 5.63 Å². The zero-order chi connectivity index (χ0) is 23.3. The van der Waals surface area contributed by atoms with Crippen LogP contribution in [0.2, 0.25) is 5.02 Å². The van der Waals surface area contributed by atoms with E-state index in [-0.39, 0.29) is 18.4 Å². The second kappa shape index (κ2) is 10.4. The lowest BCUT2D eigenvalue weighted by molar-refractivity contribution is -0.117. The van der Waals surface area contributed by atoms with Gasteiger partial charge in [-0.1, -0.05) is 25.4 Å². The number of hydrogen-bond acceptors (Lipinski definition) is 5. The summed E-state index contributed by atoms with van der Waals surface area (Å²) in [6.45, 7) is 6.52. The van der Waals surface area contributed by atoms with E-state index in [2.05, 4.69) is 10.6 Å². The van der Waals surface area contributed by atoms with Gasteiger partial charge in [0.1, 0.15) is 5.58 Å². The van der Waals surface area contributed by atoms with E-state index in [1.807, 2.05) is 24.8 Å². The van der Waals surface area contributed by atoms with E-state index in [0.717, 1.165) is 22.9 Å². The second-order valence-corrected chi connectivity index (χ2v) is 7.90. The highest BCUT2D eigenvalue weighted by atomic mass is 35.5. The number of nitrogens with zero attached hydrogens (tertiary/aromatic N) is 1. The Morgan fingerprint density at radius 3 is 2.25 bits per heavy atom. The third-order valence-corrected chi connectivity index (χ3v) is 5.43. The van der Waals surface area contributed by atoms with E-state index in [1.54, 1.807) is 30.3 Å². The van der Waals surface area contributed by atoms with Crippen molar-refractivity contribution in [2.24, 2.45) is 0 Å². The Morgan fingerprint density at radius 1 is 1.00 bits per heavy atom. The highest BCUT2D eigenvalue weighted by molar-refractivity contribution is 6.32. The molecule has 8 heteroatoms. The van der Waals surface area contributed by atoms with Crippen molar-refractivity contribution >= 4 is 45.8 Å². The van der Waals surface area contributed by atoms with Gasteiger partial charge in [0.25, 0.3) is 0 Å². The number of carbonyl (C=O) groups is 2. The molecule has 0 saturated carbocycles. The van der Waals surface area contributed by atoms with Crippen LogP contribution in [0.5, 0.6) is 0 Å². The summed E-state index contributed by atoms with van der Waals surface area (Å²) in [6, 6.07) is 12.0. The van der Waals surface area contributed by atoms with Gasteiger partial charge in [-0.15, -0.1) is 0 Å². The van der Waals surface area contributed by atoms with Crippen molar-refractivity contribution in [1.29, 1.82) is 0 Å². The van der Waals surface area contributed by atoms with Crippen molar-refractivity contribution in [2.75, 3.05) is 23.7 Å². The van der Waals surface area contributed by atoms with Crippen LogP contribution in [0.3, 0.4) is 0 Å². The fourth-order valence-electron chi connectivity index (χ4n) is 3.45. The molecule has 7 nitrogen and oxygen atoms in total. The van der Waals surface area contributed by atoms with Gasteiger partial charge >= 0.3 is 5.63 Å². The molecule has 0 fully saturated rings. The van der Waals surface area contributed by atoms with Crippen LogP contribution in [0.25, 0.3) is 11.0 Å². The number of rotatable bonds is 8. The third-order valence-electron chi connectivity index (χ3n) is 5.08. The van der Waals surface area contributed by atoms with Crippen LogP contribution in [0.1, 0.15) is 31.9 Å². The molecule has 32 heavy (non-hydrogen) atoms. The number of carbonyl (C=O) groups excluding carboxylic acids is 2. The fraction of sp³-hybridized carbons (Fsp3) is 0.292. The van der Waals surface area contributed by atoms with Crippen molar-refractivity contribution in [1.82, 2.24) is 4.90 Å². The SMILES string of the molecule is CCc1cc2oc(=O)cc(CN(CC)CC(=O)Nc3ccc(NC(C)=O)cc3)c2cc1Cl. The largest absolute Gasteiger partial charge is 0.423 e. The normalized spacial score (nSPS) is 11.0. The Kier molecular flexibility index (Phi) is 7.66. The van der Waals surface area contributed by atoms with Gasteiger partial charge in [0.15, 0.2) is 0 Å². The number of fused-ring (bicyclic) bond motifs is 1. The molecule has 1 aromatic heterocycles. The molecule has 2 aromatic carbocycles. The molecule has 0 aliphatic rings. The van der Waals surface area contributed by atoms with Crippen molar-refractivity contribution in [2.45, 2.75) is 33.7 Å². The van der Waals surface area contributed by atoms with E-state index in [0.29, 0.717) is 35.1 Å². The quantitative estimate of drug-likeness (QED) is 0.490. The average molecular weight is 456 g/mol. The van der Waals surface area contributed by atoms with Gasteiger partial charge in [-0.25, -0.2) is 4.79 Å². The third kappa shape index (κ3) is 5.96. The summed E-state index contributed by atoms with van der Waals surface area (Å²) in [7, 11) is 0. The van der Waals surface area contributed by atoms with Crippen LogP contribution < -0.4 is 16.3 Å². The van der Waals surface area contributed by atoms with Crippen LogP contribution in [0.15, 0.2) is 51.7 Å². The summed E-state index contributed by atoms with van der Waals surface area (Å²) in [4.78, 5) is 37.7. The molecule has 0 spiro atoms. The Hall–Kier alpha value is -3.16. The number of likely N-dealkylation sites (N-methyl/N-ethyl adjacent to an activating group) is 1. The van der Waals surface area contributed by atoms with Gasteiger partial charge in [0.2, 0.25) is 11.8 Å². The monoisotopic (exact) mass is 455 g/mol. The highest BCUT2D eigenvalue weighted by Crippen LogP contribution is 2.27. The molecule has 2 N–H and O–H groups in total. The first-order valence-corrected chi connectivity index (χ1v) is 10.8. The molecule has 0 atom stereocenters. The molecule has 0 radical (unpaired) electrons. The standard InChI is InChI=1S/C24H26ClN3O4/c1-4-16-10-22-20(12-21(16)25)17(11-24(31)32-22)13-28(5-2)14-23(30)27-19-8-6-18(7-9-19)26-15(3)29/h6-12H,4-5,13-14H2,1-3H3,(H,26,29)(H,27,30). The zero-order valence-electron chi connectivity index (χ0n) is 18.3. The van der Waals surface area contributed by atoms with Gasteiger partial charge in [-0.3, -0.25) is 14.5 Å². The Morgan fingerprint density at radius 2 is 1.66 bits per heavy atom. The molecule has 1 heterocycles. The van der Waals surface area contributed by atoms with Gasteiger partial charge in [-0.2, -0.15) is 0 Å². The molecule has 0 aliphatic carbocycles. The first-order valence-electron chi connectivity index (χ1n) is 10.4. The number of benzene rings is 2. The molecule has 168 valence electrons. The van der Waals surface area contributed by atoms with E-state index in [4.69, 9.17) is 16.0 Å². The van der Waals surface area contributed by atoms with E-state index >= 15 is 0 Å². The molecule has 0 bridgehead atoms. The topological polar surface area (TPSA) is 91.7 Å². The maximum atomic E-state index is 12.6. The van der Waals surface area contributed by atoms with Crippen molar-refractivity contribution < 1.29 is 14.0 Å². The summed E-state index contributed by atoms with van der Waals surface area (Å²) in [5.74, 6) is -0.340. The molecule has 3 aromatic rings. The molecule has 0 unspecified atom stereocenters. The number of halogens is 1. The van der Waals surface area contributed by atoms with Crippen LogP contribution in [0.4, 0.5) is 11.4 Å².